The van der Waals surface area contributed by atoms with Crippen molar-refractivity contribution in [3.8, 4) is 0 Å². The van der Waals surface area contributed by atoms with Crippen LogP contribution in [0.5, 0.6) is 0 Å². The Balaban J connectivity index is 2.43. The van der Waals surface area contributed by atoms with Crippen molar-refractivity contribution in [2.24, 2.45) is 0 Å². The van der Waals surface area contributed by atoms with E-state index in [0.29, 0.717) is 5.69 Å². The van der Waals surface area contributed by atoms with Crippen LogP contribution in [0.2, 0.25) is 0 Å². The number of hydrogen-bond acceptors (Lipinski definition) is 2. The van der Waals surface area contributed by atoms with Crippen molar-refractivity contribution in [3.05, 3.63) is 18.2 Å². The average molecular weight is 225 g/mol. The van der Waals surface area contributed by atoms with Gasteiger partial charge in [0.25, 0.3) is 0 Å². The number of aromatic amines is 1. The summed E-state index contributed by atoms with van der Waals surface area (Å²) in [6.45, 7) is -0.666. The largest absolute Gasteiger partial charge is 0.473 e. The summed E-state index contributed by atoms with van der Waals surface area (Å²) < 4.78 is 47.8. The van der Waals surface area contributed by atoms with E-state index < -0.39 is 23.8 Å². The van der Waals surface area contributed by atoms with Gasteiger partial charge in [-0.2, -0.15) is 18.3 Å². The quantitative estimate of drug-likeness (QED) is 0.621. The molecule has 0 aromatic carbocycles. The average Bonchev–Trinajstić information content (AvgIpc) is 2.63. The number of nitrogens with one attached hydrogen (secondary N) is 1. The number of hydrogen-bond donors (Lipinski definition) is 1. The van der Waals surface area contributed by atoms with Gasteiger partial charge in [0.15, 0.2) is 0 Å². The Morgan fingerprint density at radius 1 is 1.53 bits per heavy atom. The molecule has 0 atom stereocenters. The standard InChI is InChI=1S/C7H7F4N3O/c8-7(9,10)6(15)14(11)2-1-5-3-12-4-13-5/h3-4H,1-2H2,(H,12,13). The first-order valence-electron chi connectivity index (χ1n) is 3.93. The number of amides is 1. The number of carbonyl (C=O) groups excluding carboxylic acids is 1. The van der Waals surface area contributed by atoms with Crippen LogP contribution >= 0.6 is 0 Å². The lowest BCUT2D eigenvalue weighted by Gasteiger charge is -2.12. The fraction of sp³-hybridized carbons (Fsp3) is 0.429. The van der Waals surface area contributed by atoms with E-state index in [0.717, 1.165) is 0 Å². The molecule has 0 unspecified atom stereocenters. The van der Waals surface area contributed by atoms with Gasteiger partial charge in [-0.1, -0.05) is 4.48 Å². The van der Waals surface area contributed by atoms with Crippen molar-refractivity contribution in [2.75, 3.05) is 6.54 Å². The maximum absolute atomic E-state index is 12.6. The minimum atomic E-state index is -5.18. The highest BCUT2D eigenvalue weighted by atomic mass is 19.4. The van der Waals surface area contributed by atoms with Crippen LogP contribution in [0, 0.1) is 0 Å². The van der Waals surface area contributed by atoms with E-state index in [1.807, 2.05) is 0 Å². The molecular formula is C7H7F4N3O. The summed E-state index contributed by atoms with van der Waals surface area (Å²) >= 11 is 0. The van der Waals surface area contributed by atoms with Crippen LogP contribution in [0.25, 0.3) is 0 Å². The van der Waals surface area contributed by atoms with Crippen molar-refractivity contribution in [1.29, 1.82) is 0 Å². The fourth-order valence-electron chi connectivity index (χ4n) is 0.879. The van der Waals surface area contributed by atoms with Crippen LogP contribution in [0.15, 0.2) is 12.5 Å². The Hall–Kier alpha value is -1.60. The number of aromatic nitrogens is 2. The van der Waals surface area contributed by atoms with E-state index in [9.17, 15) is 22.4 Å². The van der Waals surface area contributed by atoms with Crippen molar-refractivity contribution >= 4 is 5.91 Å². The number of imidazole rings is 1. The molecule has 15 heavy (non-hydrogen) atoms. The van der Waals surface area contributed by atoms with Gasteiger partial charge in [-0.15, -0.1) is 0 Å². The minimum Gasteiger partial charge on any atom is -0.348 e. The Morgan fingerprint density at radius 2 is 2.20 bits per heavy atom. The van der Waals surface area contributed by atoms with Gasteiger partial charge in [-0.05, 0) is 0 Å². The third-order valence-corrected chi connectivity index (χ3v) is 1.60. The second-order valence-corrected chi connectivity index (χ2v) is 2.72. The molecule has 1 heterocycles. The molecule has 1 aromatic rings. The van der Waals surface area contributed by atoms with Crippen molar-refractivity contribution in [1.82, 2.24) is 15.1 Å². The maximum Gasteiger partial charge on any atom is 0.473 e. The van der Waals surface area contributed by atoms with Gasteiger partial charge in [0.2, 0.25) is 0 Å². The second kappa shape index (κ2) is 4.28. The zero-order valence-electron chi connectivity index (χ0n) is 7.38. The number of nitrogens with zero attached hydrogens (tertiary/aromatic N) is 2. The van der Waals surface area contributed by atoms with E-state index >= 15 is 0 Å². The van der Waals surface area contributed by atoms with Crippen molar-refractivity contribution < 1.29 is 22.4 Å². The Labute approximate surface area is 81.8 Å². The highest BCUT2D eigenvalue weighted by Crippen LogP contribution is 2.18. The lowest BCUT2D eigenvalue weighted by atomic mass is 10.3. The molecule has 84 valence electrons. The van der Waals surface area contributed by atoms with E-state index in [-0.39, 0.29) is 6.42 Å². The molecule has 0 saturated heterocycles. The third-order valence-electron chi connectivity index (χ3n) is 1.60. The van der Waals surface area contributed by atoms with E-state index in [1.165, 1.54) is 12.5 Å². The van der Waals surface area contributed by atoms with Gasteiger partial charge < -0.3 is 4.98 Å². The first kappa shape index (κ1) is 11.5. The molecule has 0 aliphatic rings. The number of H-pyrrole nitrogens is 1. The zero-order valence-corrected chi connectivity index (χ0v) is 7.38. The molecule has 1 amide bonds. The van der Waals surface area contributed by atoms with Gasteiger partial charge >= 0.3 is 12.1 Å². The summed E-state index contributed by atoms with van der Waals surface area (Å²) in [5, 5.41) is -0.860. The molecule has 4 nitrogen and oxygen atoms in total. The third kappa shape index (κ3) is 3.22. The number of alkyl halides is 3. The van der Waals surface area contributed by atoms with Gasteiger partial charge in [-0.3, -0.25) is 4.79 Å². The van der Waals surface area contributed by atoms with Gasteiger partial charge in [-0.25, -0.2) is 4.98 Å². The molecule has 0 saturated carbocycles. The number of carbonyl (C=O) groups is 1. The normalized spacial score (nSPS) is 11.5. The monoisotopic (exact) mass is 225 g/mol. The highest BCUT2D eigenvalue weighted by Gasteiger charge is 2.43. The summed E-state index contributed by atoms with van der Waals surface area (Å²) in [5.41, 5.74) is 0.452. The van der Waals surface area contributed by atoms with Crippen LogP contribution in [0.1, 0.15) is 5.69 Å². The second-order valence-electron chi connectivity index (χ2n) is 2.72. The van der Waals surface area contributed by atoms with E-state index in [2.05, 4.69) is 9.97 Å². The van der Waals surface area contributed by atoms with Crippen LogP contribution in [0.3, 0.4) is 0 Å². The van der Waals surface area contributed by atoms with Gasteiger partial charge in [0.1, 0.15) is 0 Å². The molecule has 0 fully saturated rings. The van der Waals surface area contributed by atoms with Crippen molar-refractivity contribution in [3.63, 3.8) is 0 Å². The van der Waals surface area contributed by atoms with Gasteiger partial charge in [0, 0.05) is 18.3 Å². The summed E-state index contributed by atoms with van der Waals surface area (Å²) in [6, 6.07) is 0. The molecule has 1 aromatic heterocycles. The predicted molar refractivity (Wildman–Crippen MR) is 41.2 cm³/mol. The van der Waals surface area contributed by atoms with E-state index in [1.54, 1.807) is 0 Å². The molecule has 0 spiro atoms. The molecular weight excluding hydrogens is 218 g/mol. The van der Waals surface area contributed by atoms with Crippen LogP contribution in [0.4, 0.5) is 17.7 Å². The maximum atomic E-state index is 12.6. The molecule has 0 aliphatic heterocycles. The number of rotatable bonds is 3. The summed E-state index contributed by atoms with van der Waals surface area (Å²) in [4.78, 5) is 16.5. The summed E-state index contributed by atoms with van der Waals surface area (Å²) in [5.74, 6) is -2.50. The van der Waals surface area contributed by atoms with Crippen molar-refractivity contribution in [2.45, 2.75) is 12.6 Å². The van der Waals surface area contributed by atoms with E-state index in [4.69, 9.17) is 0 Å². The SMILES string of the molecule is O=C(N(F)CCc1cnc[nH]1)C(F)(F)F. The summed E-state index contributed by atoms with van der Waals surface area (Å²) in [6.07, 6.45) is -2.59. The molecule has 8 heteroatoms. The molecule has 0 radical (unpaired) electrons. The van der Waals surface area contributed by atoms with Crippen LogP contribution in [-0.2, 0) is 11.2 Å². The first-order valence-corrected chi connectivity index (χ1v) is 3.93. The molecule has 0 bridgehead atoms. The first-order chi connectivity index (χ1) is 6.91. The highest BCUT2D eigenvalue weighted by molar-refractivity contribution is 5.80. The molecule has 1 rings (SSSR count). The topological polar surface area (TPSA) is 49.0 Å². The Kier molecular flexibility index (Phi) is 3.28. The lowest BCUT2D eigenvalue weighted by Crippen LogP contribution is -2.37. The smallest absolute Gasteiger partial charge is 0.348 e. The Morgan fingerprint density at radius 3 is 2.67 bits per heavy atom. The number of halogens is 4. The molecule has 0 aliphatic carbocycles. The lowest BCUT2D eigenvalue weighted by molar-refractivity contribution is -0.200. The van der Waals surface area contributed by atoms with Gasteiger partial charge in [0.05, 0.1) is 12.9 Å². The van der Waals surface area contributed by atoms with Crippen LogP contribution in [-0.4, -0.2) is 33.7 Å². The fourth-order valence-corrected chi connectivity index (χ4v) is 0.879. The predicted octanol–water partition coefficient (Wildman–Crippen LogP) is 1.23. The Bertz CT molecular complexity index is 321. The zero-order chi connectivity index (χ0) is 11.5. The van der Waals surface area contributed by atoms with Crippen LogP contribution < -0.4 is 0 Å². The molecule has 1 N–H and O–H groups in total. The summed E-state index contributed by atoms with van der Waals surface area (Å²) in [7, 11) is 0. The minimum absolute atomic E-state index is 0.0572.